The number of nitrogens with zero attached hydrogens (tertiary/aromatic N) is 3. The highest BCUT2D eigenvalue weighted by Gasteiger charge is 2.28. The van der Waals surface area contributed by atoms with Gasteiger partial charge in [0.05, 0.1) is 19.5 Å². The zero-order valence-corrected chi connectivity index (χ0v) is 10.1. The Bertz CT molecular complexity index is 639. The number of H-pyrrole nitrogens is 1. The summed E-state index contributed by atoms with van der Waals surface area (Å²) in [5.41, 5.74) is 5.57. The maximum atomic E-state index is 11.6. The number of aromatic amines is 1. The van der Waals surface area contributed by atoms with Crippen LogP contribution in [-0.2, 0) is 4.74 Å². The molecule has 1 fully saturated rings. The van der Waals surface area contributed by atoms with Gasteiger partial charge in [-0.3, -0.25) is 14.3 Å². The van der Waals surface area contributed by atoms with Gasteiger partial charge in [-0.05, 0) is 0 Å². The number of hydrogen-bond acceptors (Lipinski definition) is 7. The van der Waals surface area contributed by atoms with E-state index in [-0.39, 0.29) is 34.4 Å². The van der Waals surface area contributed by atoms with Gasteiger partial charge in [-0.15, -0.1) is 11.8 Å². The van der Waals surface area contributed by atoms with Crippen LogP contribution in [0.3, 0.4) is 0 Å². The molecule has 96 valence electrons. The third-order valence-electron chi connectivity index (χ3n) is 2.64. The molecule has 0 bridgehead atoms. The van der Waals surface area contributed by atoms with Crippen LogP contribution >= 0.6 is 11.8 Å². The number of hydrogen-bond donors (Lipinski definition) is 3. The molecule has 18 heavy (non-hydrogen) atoms. The number of thioether (sulfide) groups is 1. The Morgan fingerprint density at radius 1 is 1.72 bits per heavy atom. The van der Waals surface area contributed by atoms with Crippen LogP contribution in [0.1, 0.15) is 5.37 Å². The number of imidazole rings is 1. The minimum atomic E-state index is -0.362. The van der Waals surface area contributed by atoms with Crippen LogP contribution in [0.4, 0.5) is 5.95 Å². The van der Waals surface area contributed by atoms with Crippen molar-refractivity contribution in [2.45, 2.75) is 10.8 Å². The summed E-state index contributed by atoms with van der Waals surface area (Å²) in [7, 11) is 0. The summed E-state index contributed by atoms with van der Waals surface area (Å²) >= 11 is 1.45. The van der Waals surface area contributed by atoms with E-state index in [2.05, 4.69) is 15.0 Å². The number of nitrogen functional groups attached to an aromatic ring is 1. The smallest absolute Gasteiger partial charge is 0.280 e. The number of ether oxygens (including phenoxy) is 1. The number of nitrogens with one attached hydrogen (secondary N) is 1. The minimum Gasteiger partial charge on any atom is -0.393 e. The molecule has 0 spiro atoms. The lowest BCUT2D eigenvalue weighted by Gasteiger charge is -2.09. The van der Waals surface area contributed by atoms with Gasteiger partial charge < -0.3 is 15.6 Å². The molecule has 3 rings (SSSR count). The van der Waals surface area contributed by atoms with Gasteiger partial charge in [0.25, 0.3) is 5.56 Å². The Morgan fingerprint density at radius 2 is 2.56 bits per heavy atom. The third-order valence-corrected chi connectivity index (χ3v) is 3.91. The van der Waals surface area contributed by atoms with Crippen LogP contribution < -0.4 is 11.3 Å². The van der Waals surface area contributed by atoms with Gasteiger partial charge in [0.2, 0.25) is 5.95 Å². The van der Waals surface area contributed by atoms with Crippen LogP contribution in [0, 0.1) is 0 Å². The van der Waals surface area contributed by atoms with Crippen molar-refractivity contribution >= 4 is 28.9 Å². The van der Waals surface area contributed by atoms with Crippen molar-refractivity contribution in [3.63, 3.8) is 0 Å². The number of aliphatic hydroxyl groups is 1. The fourth-order valence-electron chi connectivity index (χ4n) is 1.84. The molecule has 0 aliphatic carbocycles. The molecule has 1 saturated heterocycles. The number of aromatic nitrogens is 4. The maximum Gasteiger partial charge on any atom is 0.280 e. The first kappa shape index (κ1) is 11.5. The van der Waals surface area contributed by atoms with Crippen LogP contribution in [0.15, 0.2) is 11.1 Å². The Labute approximate surface area is 105 Å². The van der Waals surface area contributed by atoms with E-state index in [1.807, 2.05) is 0 Å². The number of fused-ring (bicyclic) bond motifs is 1. The predicted molar refractivity (Wildman–Crippen MR) is 66.0 cm³/mol. The summed E-state index contributed by atoms with van der Waals surface area (Å²) in [4.78, 5) is 22.1. The first-order chi connectivity index (χ1) is 8.69. The maximum absolute atomic E-state index is 11.6. The molecule has 8 nitrogen and oxygen atoms in total. The largest absolute Gasteiger partial charge is 0.393 e. The lowest BCUT2D eigenvalue weighted by Crippen LogP contribution is -2.13. The normalized spacial score (nSPS) is 23.8. The van der Waals surface area contributed by atoms with E-state index in [9.17, 15) is 4.79 Å². The lowest BCUT2D eigenvalue weighted by atomic mass is 10.5. The van der Waals surface area contributed by atoms with E-state index in [0.717, 1.165) is 0 Å². The summed E-state index contributed by atoms with van der Waals surface area (Å²) in [6, 6.07) is 0. The van der Waals surface area contributed by atoms with Gasteiger partial charge in [0, 0.05) is 0 Å². The van der Waals surface area contributed by atoms with E-state index >= 15 is 0 Å². The molecule has 1 aliphatic heterocycles. The van der Waals surface area contributed by atoms with E-state index in [0.29, 0.717) is 12.3 Å². The molecule has 1 aliphatic rings. The number of anilines is 1. The van der Waals surface area contributed by atoms with E-state index in [4.69, 9.17) is 15.6 Å². The molecular weight excluding hydrogens is 258 g/mol. The molecule has 0 amide bonds. The third kappa shape index (κ3) is 1.76. The second kappa shape index (κ2) is 4.26. The molecule has 2 atom stereocenters. The van der Waals surface area contributed by atoms with Gasteiger partial charge in [-0.25, -0.2) is 4.98 Å². The monoisotopic (exact) mass is 269 g/mol. The summed E-state index contributed by atoms with van der Waals surface area (Å²) in [6.07, 6.45) is 1.53. The first-order valence-corrected chi connectivity index (χ1v) is 6.23. The molecule has 4 N–H and O–H groups in total. The first-order valence-electron chi connectivity index (χ1n) is 5.29. The highest BCUT2D eigenvalue weighted by Crippen LogP contribution is 2.36. The van der Waals surface area contributed by atoms with Crippen LogP contribution in [0.25, 0.3) is 11.2 Å². The van der Waals surface area contributed by atoms with Gasteiger partial charge in [0.15, 0.2) is 11.2 Å². The summed E-state index contributed by atoms with van der Waals surface area (Å²) in [6.45, 7) is 0.375. The zero-order chi connectivity index (χ0) is 12.7. The van der Waals surface area contributed by atoms with Crippen LogP contribution in [0.2, 0.25) is 0 Å². The second-order valence-electron chi connectivity index (χ2n) is 3.81. The van der Waals surface area contributed by atoms with Crippen molar-refractivity contribution in [2.75, 3.05) is 18.9 Å². The van der Waals surface area contributed by atoms with Gasteiger partial charge in [-0.1, -0.05) is 0 Å². The quantitative estimate of drug-likeness (QED) is 0.658. The fourth-order valence-corrected chi connectivity index (χ4v) is 2.87. The van der Waals surface area contributed by atoms with Crippen molar-refractivity contribution in [2.24, 2.45) is 0 Å². The van der Waals surface area contributed by atoms with Crippen molar-refractivity contribution in [1.82, 2.24) is 19.5 Å². The molecule has 2 aromatic rings. The second-order valence-corrected chi connectivity index (χ2v) is 5.15. The van der Waals surface area contributed by atoms with E-state index in [1.165, 1.54) is 18.1 Å². The average Bonchev–Trinajstić information content (AvgIpc) is 2.93. The van der Waals surface area contributed by atoms with Crippen molar-refractivity contribution in [3.8, 4) is 0 Å². The Kier molecular flexibility index (Phi) is 2.73. The van der Waals surface area contributed by atoms with Crippen molar-refractivity contribution in [3.05, 3.63) is 16.7 Å². The van der Waals surface area contributed by atoms with Gasteiger partial charge in [0.1, 0.15) is 10.8 Å². The number of rotatable bonds is 2. The predicted octanol–water partition coefficient (Wildman–Crippen LogP) is -0.718. The van der Waals surface area contributed by atoms with Crippen molar-refractivity contribution in [1.29, 1.82) is 0 Å². The highest BCUT2D eigenvalue weighted by molar-refractivity contribution is 8.00. The molecule has 0 saturated carbocycles. The summed E-state index contributed by atoms with van der Waals surface area (Å²) < 4.78 is 7.10. The molecule has 3 heterocycles. The zero-order valence-electron chi connectivity index (χ0n) is 9.24. The van der Waals surface area contributed by atoms with Crippen LogP contribution in [-0.4, -0.2) is 43.3 Å². The van der Waals surface area contributed by atoms with E-state index in [1.54, 1.807) is 4.57 Å². The lowest BCUT2D eigenvalue weighted by molar-refractivity contribution is 0.0810. The molecule has 2 unspecified atom stereocenters. The standard InChI is InChI=1S/C9H11N5O3S/c10-9-12-7-6(8(16)13-9)11-3-14(7)4-2-17-5(1-15)18-4/h3-5,15H,1-2H2,(H3,10,12,13,16). The topological polar surface area (TPSA) is 119 Å². The summed E-state index contributed by atoms with van der Waals surface area (Å²) in [5, 5.41) is 8.95. The molecule has 0 aromatic carbocycles. The minimum absolute atomic E-state index is 0.0516. The number of aliphatic hydroxyl groups excluding tert-OH is 1. The summed E-state index contributed by atoms with van der Waals surface area (Å²) in [5.74, 6) is 0.0527. The SMILES string of the molecule is Nc1nc2c(ncn2C2COC(CO)S2)c(=O)[nH]1. The van der Waals surface area contributed by atoms with Gasteiger partial charge in [-0.2, -0.15) is 4.98 Å². The Morgan fingerprint density at radius 3 is 3.28 bits per heavy atom. The average molecular weight is 269 g/mol. The van der Waals surface area contributed by atoms with E-state index < -0.39 is 0 Å². The number of nitrogens with two attached hydrogens (primary N) is 1. The van der Waals surface area contributed by atoms with Crippen LogP contribution in [0.5, 0.6) is 0 Å². The molecule has 9 heteroatoms. The molecule has 0 radical (unpaired) electrons. The Balaban J connectivity index is 2.05. The highest BCUT2D eigenvalue weighted by atomic mass is 32.2. The van der Waals surface area contributed by atoms with Gasteiger partial charge >= 0.3 is 0 Å². The van der Waals surface area contributed by atoms with Crippen molar-refractivity contribution < 1.29 is 9.84 Å². The Hall–Kier alpha value is -1.58. The fraction of sp³-hybridized carbons (Fsp3) is 0.444. The molecule has 2 aromatic heterocycles. The molecular formula is C9H11N5O3S.